The summed E-state index contributed by atoms with van der Waals surface area (Å²) in [6.45, 7) is 0.628. The number of carbonyl (C=O) groups excluding carboxylic acids is 1. The lowest BCUT2D eigenvalue weighted by atomic mass is 9.96. The van der Waals surface area contributed by atoms with Crippen LogP contribution in [0.25, 0.3) is 0 Å². The standard InChI is InChI=1S/C23H23NO3/c24-16-20(15-23(25)26-17-18-8-3-1-4-9-18)19-10-7-13-22(14-19)27-21-11-5-2-6-12-21/h1-14,20H,15-17,24H2. The largest absolute Gasteiger partial charge is 0.461 e. The predicted octanol–water partition coefficient (Wildman–Crippen LogP) is 4.65. The van der Waals surface area contributed by atoms with Crippen molar-refractivity contribution in [3.05, 3.63) is 96.1 Å². The molecule has 0 saturated carbocycles. The van der Waals surface area contributed by atoms with Crippen molar-refractivity contribution in [2.75, 3.05) is 6.54 Å². The van der Waals surface area contributed by atoms with Crippen molar-refractivity contribution in [3.8, 4) is 11.5 Å². The van der Waals surface area contributed by atoms with E-state index in [0.717, 1.165) is 22.6 Å². The Morgan fingerprint density at radius 1 is 0.852 bits per heavy atom. The first-order valence-electron chi connectivity index (χ1n) is 8.97. The Bertz CT molecular complexity index is 850. The minimum absolute atomic E-state index is 0.118. The Morgan fingerprint density at radius 2 is 1.52 bits per heavy atom. The average Bonchev–Trinajstić information content (AvgIpc) is 2.72. The maximum Gasteiger partial charge on any atom is 0.306 e. The molecule has 0 spiro atoms. The molecule has 27 heavy (non-hydrogen) atoms. The van der Waals surface area contributed by atoms with Crippen LogP contribution in [0.4, 0.5) is 0 Å². The Labute approximate surface area is 159 Å². The van der Waals surface area contributed by atoms with Crippen molar-refractivity contribution in [3.63, 3.8) is 0 Å². The van der Waals surface area contributed by atoms with E-state index in [1.165, 1.54) is 0 Å². The van der Waals surface area contributed by atoms with E-state index in [1.54, 1.807) is 0 Å². The maximum atomic E-state index is 12.2. The van der Waals surface area contributed by atoms with Gasteiger partial charge >= 0.3 is 5.97 Å². The fraction of sp³-hybridized carbons (Fsp3) is 0.174. The number of esters is 1. The summed E-state index contributed by atoms with van der Waals surface area (Å²) in [6, 6.07) is 26.9. The molecule has 3 aromatic carbocycles. The second-order valence-electron chi connectivity index (χ2n) is 6.27. The second kappa shape index (κ2) is 9.55. The molecule has 1 atom stereocenters. The molecule has 0 amide bonds. The molecule has 0 saturated heterocycles. The van der Waals surface area contributed by atoms with Crippen LogP contribution >= 0.6 is 0 Å². The van der Waals surface area contributed by atoms with Gasteiger partial charge in [0.05, 0.1) is 6.42 Å². The highest BCUT2D eigenvalue weighted by Gasteiger charge is 2.16. The molecule has 0 heterocycles. The lowest BCUT2D eigenvalue weighted by molar-refractivity contribution is -0.145. The third kappa shape index (κ3) is 5.69. The molecule has 0 aliphatic heterocycles. The van der Waals surface area contributed by atoms with Crippen LogP contribution < -0.4 is 10.5 Å². The molecule has 1 unspecified atom stereocenters. The highest BCUT2D eigenvalue weighted by atomic mass is 16.5. The molecule has 0 bridgehead atoms. The van der Waals surface area contributed by atoms with Crippen LogP contribution in [0.3, 0.4) is 0 Å². The summed E-state index contributed by atoms with van der Waals surface area (Å²) in [5.74, 6) is 1.10. The van der Waals surface area contributed by atoms with Gasteiger partial charge in [0.25, 0.3) is 0 Å². The number of hydrogen-bond donors (Lipinski definition) is 1. The van der Waals surface area contributed by atoms with Gasteiger partial charge in [0.1, 0.15) is 18.1 Å². The Kier molecular flexibility index (Phi) is 6.61. The van der Waals surface area contributed by atoms with Gasteiger partial charge in [0.15, 0.2) is 0 Å². The summed E-state index contributed by atoms with van der Waals surface area (Å²) < 4.78 is 11.2. The van der Waals surface area contributed by atoms with E-state index in [2.05, 4.69) is 0 Å². The van der Waals surface area contributed by atoms with E-state index in [0.29, 0.717) is 6.54 Å². The molecule has 0 radical (unpaired) electrons. The van der Waals surface area contributed by atoms with Crippen LogP contribution in [-0.4, -0.2) is 12.5 Å². The van der Waals surface area contributed by atoms with E-state index in [9.17, 15) is 4.79 Å². The first-order chi connectivity index (χ1) is 13.2. The number of carbonyl (C=O) groups is 1. The zero-order valence-corrected chi connectivity index (χ0v) is 15.1. The molecule has 3 aromatic rings. The van der Waals surface area contributed by atoms with Crippen molar-refractivity contribution in [2.24, 2.45) is 5.73 Å². The van der Waals surface area contributed by atoms with Gasteiger partial charge in [0.2, 0.25) is 0 Å². The van der Waals surface area contributed by atoms with Crippen molar-refractivity contribution in [1.82, 2.24) is 0 Å². The first-order valence-corrected chi connectivity index (χ1v) is 8.97. The van der Waals surface area contributed by atoms with Crippen molar-refractivity contribution in [2.45, 2.75) is 18.9 Å². The van der Waals surface area contributed by atoms with Gasteiger partial charge in [-0.1, -0.05) is 60.7 Å². The fourth-order valence-electron chi connectivity index (χ4n) is 2.79. The van der Waals surface area contributed by atoms with Crippen LogP contribution in [0.1, 0.15) is 23.5 Å². The van der Waals surface area contributed by atoms with Gasteiger partial charge in [-0.3, -0.25) is 4.79 Å². The Balaban J connectivity index is 1.61. The van der Waals surface area contributed by atoms with E-state index >= 15 is 0 Å². The van der Waals surface area contributed by atoms with E-state index in [1.807, 2.05) is 84.9 Å². The van der Waals surface area contributed by atoms with Crippen LogP contribution in [0.2, 0.25) is 0 Å². The number of hydrogen-bond acceptors (Lipinski definition) is 4. The number of nitrogens with two attached hydrogens (primary N) is 1. The minimum Gasteiger partial charge on any atom is -0.461 e. The molecule has 138 valence electrons. The summed E-state index contributed by atoms with van der Waals surface area (Å²) in [6.07, 6.45) is 0.234. The van der Waals surface area contributed by atoms with Crippen LogP contribution in [-0.2, 0) is 16.1 Å². The van der Waals surface area contributed by atoms with E-state index in [4.69, 9.17) is 15.2 Å². The molecule has 3 rings (SSSR count). The van der Waals surface area contributed by atoms with Crippen LogP contribution in [0.5, 0.6) is 11.5 Å². The van der Waals surface area contributed by atoms with E-state index in [-0.39, 0.29) is 24.9 Å². The Morgan fingerprint density at radius 3 is 2.22 bits per heavy atom. The summed E-state index contributed by atoms with van der Waals surface area (Å²) in [5.41, 5.74) is 7.84. The molecule has 0 aliphatic rings. The molecular formula is C23H23NO3. The number of ether oxygens (including phenoxy) is 2. The maximum absolute atomic E-state index is 12.2. The zero-order chi connectivity index (χ0) is 18.9. The average molecular weight is 361 g/mol. The topological polar surface area (TPSA) is 61.6 Å². The van der Waals surface area contributed by atoms with E-state index < -0.39 is 0 Å². The van der Waals surface area contributed by atoms with Crippen LogP contribution in [0.15, 0.2) is 84.9 Å². The minimum atomic E-state index is -0.260. The molecule has 0 aromatic heterocycles. The van der Waals surface area contributed by atoms with Gasteiger partial charge in [-0.2, -0.15) is 0 Å². The third-order valence-corrected chi connectivity index (χ3v) is 4.25. The van der Waals surface area contributed by atoms with Gasteiger partial charge in [-0.25, -0.2) is 0 Å². The van der Waals surface area contributed by atoms with Gasteiger partial charge in [0, 0.05) is 5.92 Å². The molecule has 2 N–H and O–H groups in total. The normalized spacial score (nSPS) is 11.6. The SMILES string of the molecule is NCC(CC(=O)OCc1ccccc1)c1cccc(Oc2ccccc2)c1. The lowest BCUT2D eigenvalue weighted by Gasteiger charge is -2.16. The number of benzene rings is 3. The summed E-state index contributed by atoms with van der Waals surface area (Å²) in [5, 5.41) is 0. The number of rotatable bonds is 8. The quantitative estimate of drug-likeness (QED) is 0.593. The molecule has 4 nitrogen and oxygen atoms in total. The summed E-state index contributed by atoms with van der Waals surface area (Å²) in [4.78, 5) is 12.2. The number of para-hydroxylation sites is 1. The molecule has 0 fully saturated rings. The van der Waals surface area contributed by atoms with Crippen LogP contribution in [0, 0.1) is 0 Å². The van der Waals surface area contributed by atoms with Gasteiger partial charge < -0.3 is 15.2 Å². The van der Waals surface area contributed by atoms with Gasteiger partial charge in [-0.15, -0.1) is 0 Å². The zero-order valence-electron chi connectivity index (χ0n) is 15.1. The molecule has 4 heteroatoms. The molecular weight excluding hydrogens is 338 g/mol. The third-order valence-electron chi connectivity index (χ3n) is 4.25. The fourth-order valence-corrected chi connectivity index (χ4v) is 2.79. The van der Waals surface area contributed by atoms with Gasteiger partial charge in [-0.05, 0) is 41.9 Å². The second-order valence-corrected chi connectivity index (χ2v) is 6.27. The Hall–Kier alpha value is -3.11. The first kappa shape index (κ1) is 18.7. The smallest absolute Gasteiger partial charge is 0.306 e. The van der Waals surface area contributed by atoms with Crippen molar-refractivity contribution in [1.29, 1.82) is 0 Å². The lowest BCUT2D eigenvalue weighted by Crippen LogP contribution is -2.18. The van der Waals surface area contributed by atoms with Crippen molar-refractivity contribution >= 4 is 5.97 Å². The monoisotopic (exact) mass is 361 g/mol. The predicted molar refractivity (Wildman–Crippen MR) is 106 cm³/mol. The highest BCUT2D eigenvalue weighted by Crippen LogP contribution is 2.27. The molecule has 0 aliphatic carbocycles. The van der Waals surface area contributed by atoms with Crippen molar-refractivity contribution < 1.29 is 14.3 Å². The summed E-state index contributed by atoms with van der Waals surface area (Å²) >= 11 is 0. The summed E-state index contributed by atoms with van der Waals surface area (Å²) in [7, 11) is 0. The highest BCUT2D eigenvalue weighted by molar-refractivity contribution is 5.70.